The smallest absolute Gasteiger partial charge is 0.0716 e. The minimum absolute atomic E-state index is 0.0537. The highest BCUT2D eigenvalue weighted by atomic mass is 35.5. The van der Waals surface area contributed by atoms with E-state index in [-0.39, 0.29) is 6.61 Å². The van der Waals surface area contributed by atoms with E-state index in [0.29, 0.717) is 5.02 Å². The first-order valence-electron chi connectivity index (χ1n) is 5.89. The van der Waals surface area contributed by atoms with Crippen LogP contribution in [0.5, 0.6) is 0 Å². The topological polar surface area (TPSA) is 43.7 Å². The summed E-state index contributed by atoms with van der Waals surface area (Å²) >= 11 is 6.07. The Bertz CT molecular complexity index is 396. The number of piperidine rings is 1. The Balaban J connectivity index is 2.21. The maximum Gasteiger partial charge on any atom is 0.0716 e. The lowest BCUT2D eigenvalue weighted by atomic mass is 9.93. The third kappa shape index (κ3) is 2.73. The van der Waals surface area contributed by atoms with Crippen molar-refractivity contribution in [2.24, 2.45) is 0 Å². The largest absolute Gasteiger partial charge is 0.392 e. The van der Waals surface area contributed by atoms with Gasteiger partial charge in [-0.25, -0.2) is 0 Å². The second kappa shape index (κ2) is 4.84. The van der Waals surface area contributed by atoms with Gasteiger partial charge in [-0.05, 0) is 31.9 Å². The summed E-state index contributed by atoms with van der Waals surface area (Å²) in [5.74, 6) is 0. The number of nitrogens with zero attached hydrogens (tertiary/aromatic N) is 1. The van der Waals surface area contributed by atoms with Crippen molar-refractivity contribution in [1.29, 1.82) is 0 Å². The molecule has 1 aromatic rings. The molecule has 1 heterocycles. The van der Waals surface area contributed by atoms with Crippen LogP contribution in [-0.2, 0) is 6.61 Å². The second-order valence-electron chi connectivity index (χ2n) is 4.88. The van der Waals surface area contributed by atoms with Crippen LogP contribution in [0.3, 0.4) is 0 Å². The van der Waals surface area contributed by atoms with Crippen LogP contribution in [0.1, 0.15) is 25.3 Å². The van der Waals surface area contributed by atoms with E-state index < -0.39 is 5.60 Å². The molecule has 0 saturated carbocycles. The molecule has 0 radical (unpaired) electrons. The molecule has 1 aliphatic heterocycles. The maximum absolute atomic E-state index is 9.92. The van der Waals surface area contributed by atoms with Crippen molar-refractivity contribution >= 4 is 17.3 Å². The number of rotatable bonds is 2. The lowest BCUT2D eigenvalue weighted by molar-refractivity contribution is 0.0351. The van der Waals surface area contributed by atoms with Gasteiger partial charge in [0.05, 0.1) is 12.2 Å². The highest BCUT2D eigenvalue weighted by Crippen LogP contribution is 2.31. The van der Waals surface area contributed by atoms with Gasteiger partial charge >= 0.3 is 0 Å². The van der Waals surface area contributed by atoms with Crippen LogP contribution >= 0.6 is 11.6 Å². The summed E-state index contributed by atoms with van der Waals surface area (Å²) in [6.45, 7) is 3.40. The van der Waals surface area contributed by atoms with E-state index in [1.165, 1.54) is 0 Å². The number of hydrogen-bond donors (Lipinski definition) is 2. The summed E-state index contributed by atoms with van der Waals surface area (Å²) in [5.41, 5.74) is 1.19. The first-order chi connectivity index (χ1) is 8.03. The number of aliphatic hydroxyl groups is 2. The van der Waals surface area contributed by atoms with Gasteiger partial charge in [0.1, 0.15) is 0 Å². The maximum atomic E-state index is 9.92. The fraction of sp³-hybridized carbons (Fsp3) is 0.538. The van der Waals surface area contributed by atoms with Gasteiger partial charge in [-0.2, -0.15) is 0 Å². The van der Waals surface area contributed by atoms with Crippen molar-refractivity contribution in [2.45, 2.75) is 32.0 Å². The molecule has 0 unspecified atom stereocenters. The third-order valence-electron chi connectivity index (χ3n) is 3.43. The van der Waals surface area contributed by atoms with Crippen LogP contribution < -0.4 is 4.90 Å². The molecular weight excluding hydrogens is 238 g/mol. The Labute approximate surface area is 107 Å². The molecule has 3 nitrogen and oxygen atoms in total. The summed E-state index contributed by atoms with van der Waals surface area (Å²) in [7, 11) is 0. The van der Waals surface area contributed by atoms with Gasteiger partial charge in [0.15, 0.2) is 0 Å². The molecule has 0 atom stereocenters. The zero-order valence-electron chi connectivity index (χ0n) is 9.99. The molecule has 1 aliphatic rings. The Hall–Kier alpha value is -0.770. The van der Waals surface area contributed by atoms with Crippen LogP contribution in [0.25, 0.3) is 0 Å². The van der Waals surface area contributed by atoms with Crippen molar-refractivity contribution in [2.75, 3.05) is 18.0 Å². The third-order valence-corrected chi connectivity index (χ3v) is 3.79. The minimum atomic E-state index is -0.561. The van der Waals surface area contributed by atoms with Crippen LogP contribution in [0.2, 0.25) is 5.02 Å². The molecule has 1 saturated heterocycles. The molecule has 94 valence electrons. The Morgan fingerprint density at radius 1 is 1.35 bits per heavy atom. The molecule has 0 amide bonds. The van der Waals surface area contributed by atoms with Gasteiger partial charge in [-0.15, -0.1) is 0 Å². The highest BCUT2D eigenvalue weighted by Gasteiger charge is 2.28. The van der Waals surface area contributed by atoms with Gasteiger partial charge in [0.2, 0.25) is 0 Å². The summed E-state index contributed by atoms with van der Waals surface area (Å²) in [6, 6.07) is 5.65. The number of hydrogen-bond acceptors (Lipinski definition) is 3. The van der Waals surface area contributed by atoms with Gasteiger partial charge in [-0.1, -0.05) is 17.7 Å². The second-order valence-corrected chi connectivity index (χ2v) is 5.29. The minimum Gasteiger partial charge on any atom is -0.392 e. The zero-order chi connectivity index (χ0) is 12.5. The van der Waals surface area contributed by atoms with E-state index in [2.05, 4.69) is 4.90 Å². The van der Waals surface area contributed by atoms with Gasteiger partial charge in [0.25, 0.3) is 0 Å². The van der Waals surface area contributed by atoms with Crippen molar-refractivity contribution in [3.8, 4) is 0 Å². The standard InChI is InChI=1S/C13H18ClNO2/c1-13(17)5-7-15(8-6-13)12-4-2-3-11(14)10(12)9-16/h2-4,16-17H,5-9H2,1H3. The molecule has 4 heteroatoms. The van der Waals surface area contributed by atoms with Crippen molar-refractivity contribution in [3.63, 3.8) is 0 Å². The Morgan fingerprint density at radius 3 is 2.59 bits per heavy atom. The summed E-state index contributed by atoms with van der Waals surface area (Å²) < 4.78 is 0. The normalized spacial score (nSPS) is 19.4. The molecule has 2 rings (SSSR count). The van der Waals surface area contributed by atoms with E-state index in [1.807, 2.05) is 19.1 Å². The summed E-state index contributed by atoms with van der Waals surface area (Å²) in [6.07, 6.45) is 1.48. The van der Waals surface area contributed by atoms with E-state index in [0.717, 1.165) is 37.2 Å². The first-order valence-corrected chi connectivity index (χ1v) is 6.27. The molecule has 0 aromatic heterocycles. The van der Waals surface area contributed by atoms with Crippen LogP contribution in [-0.4, -0.2) is 28.9 Å². The molecular formula is C13H18ClNO2. The first kappa shape index (κ1) is 12.7. The Kier molecular flexibility index (Phi) is 3.61. The van der Waals surface area contributed by atoms with Gasteiger partial charge in [-0.3, -0.25) is 0 Å². The van der Waals surface area contributed by atoms with Crippen molar-refractivity contribution in [1.82, 2.24) is 0 Å². The summed E-state index contributed by atoms with van der Waals surface area (Å²) in [5, 5.41) is 19.9. The molecule has 1 aromatic carbocycles. The van der Waals surface area contributed by atoms with Crippen LogP contribution in [0.4, 0.5) is 5.69 Å². The van der Waals surface area contributed by atoms with Gasteiger partial charge in [0, 0.05) is 29.4 Å². The highest BCUT2D eigenvalue weighted by molar-refractivity contribution is 6.31. The number of benzene rings is 1. The van der Waals surface area contributed by atoms with E-state index in [4.69, 9.17) is 11.6 Å². The molecule has 1 fully saturated rings. The zero-order valence-corrected chi connectivity index (χ0v) is 10.7. The van der Waals surface area contributed by atoms with E-state index >= 15 is 0 Å². The molecule has 0 aliphatic carbocycles. The van der Waals surface area contributed by atoms with Crippen LogP contribution in [0.15, 0.2) is 18.2 Å². The van der Waals surface area contributed by atoms with Crippen molar-refractivity contribution < 1.29 is 10.2 Å². The molecule has 0 spiro atoms. The SMILES string of the molecule is CC1(O)CCN(c2cccc(Cl)c2CO)CC1. The fourth-order valence-corrected chi connectivity index (χ4v) is 2.46. The number of halogens is 1. The average Bonchev–Trinajstić information content (AvgIpc) is 2.29. The molecule has 2 N–H and O–H groups in total. The van der Waals surface area contributed by atoms with E-state index in [9.17, 15) is 10.2 Å². The van der Waals surface area contributed by atoms with E-state index in [1.54, 1.807) is 6.07 Å². The molecule has 17 heavy (non-hydrogen) atoms. The summed E-state index contributed by atoms with van der Waals surface area (Å²) in [4.78, 5) is 2.18. The lowest BCUT2D eigenvalue weighted by Crippen LogP contribution is -2.42. The fourth-order valence-electron chi connectivity index (χ4n) is 2.23. The Morgan fingerprint density at radius 2 is 2.00 bits per heavy atom. The van der Waals surface area contributed by atoms with Crippen molar-refractivity contribution in [3.05, 3.63) is 28.8 Å². The number of aliphatic hydroxyl groups excluding tert-OH is 1. The lowest BCUT2D eigenvalue weighted by Gasteiger charge is -2.38. The predicted molar refractivity (Wildman–Crippen MR) is 69.4 cm³/mol. The average molecular weight is 256 g/mol. The molecule has 0 bridgehead atoms. The number of anilines is 1. The monoisotopic (exact) mass is 255 g/mol. The predicted octanol–water partition coefficient (Wildman–Crippen LogP) is 2.18. The quantitative estimate of drug-likeness (QED) is 0.851. The van der Waals surface area contributed by atoms with Crippen LogP contribution in [0, 0.1) is 0 Å². The van der Waals surface area contributed by atoms with Gasteiger partial charge < -0.3 is 15.1 Å².